The van der Waals surface area contributed by atoms with Gasteiger partial charge in [0.15, 0.2) is 0 Å². The second-order valence-electron chi connectivity index (χ2n) is 11.1. The summed E-state index contributed by atoms with van der Waals surface area (Å²) in [4.78, 5) is 0. The maximum Gasteiger partial charge on any atom is 0.144 e. The van der Waals surface area contributed by atoms with Gasteiger partial charge in [-0.1, -0.05) is 78.1 Å². The van der Waals surface area contributed by atoms with Crippen molar-refractivity contribution in [2.75, 3.05) is 0 Å². The quantitative estimate of drug-likeness (QED) is 0.303. The highest BCUT2D eigenvalue weighted by Crippen LogP contribution is 2.45. The zero-order chi connectivity index (χ0) is 23.6. The molecule has 0 spiro atoms. The Bertz CT molecular complexity index is 728. The highest BCUT2D eigenvalue weighted by atomic mass is 19.1. The zero-order valence-electron chi connectivity index (χ0n) is 21.1. The van der Waals surface area contributed by atoms with E-state index >= 15 is 0 Å². The Kier molecular flexibility index (Phi) is 10.7. The van der Waals surface area contributed by atoms with E-state index in [0.717, 1.165) is 30.6 Å². The van der Waals surface area contributed by atoms with Crippen LogP contribution in [0.2, 0.25) is 0 Å². The molecule has 1 aromatic rings. The maximum absolute atomic E-state index is 14.1. The number of nitrogens with zero attached hydrogens (tertiary/aromatic N) is 1. The highest BCUT2D eigenvalue weighted by molar-refractivity contribution is 5.36. The molecule has 1 nitrogen and oxygen atoms in total. The van der Waals surface area contributed by atoms with Gasteiger partial charge in [-0.25, -0.2) is 8.78 Å². The largest absolute Gasteiger partial charge is 0.205 e. The first-order valence-electron chi connectivity index (χ1n) is 13.9. The molecule has 3 heteroatoms. The van der Waals surface area contributed by atoms with Crippen LogP contribution in [-0.2, 0) is 0 Å². The van der Waals surface area contributed by atoms with Crippen LogP contribution in [0.25, 0.3) is 0 Å². The van der Waals surface area contributed by atoms with Gasteiger partial charge in [-0.3, -0.25) is 0 Å². The summed E-state index contributed by atoms with van der Waals surface area (Å²) in [6.07, 6.45) is 21.9. The number of rotatable bonds is 11. The molecule has 184 valence electrons. The Morgan fingerprint density at radius 2 is 1.33 bits per heavy atom. The Hall–Kier alpha value is -1.43. The van der Waals surface area contributed by atoms with Crippen LogP contribution >= 0.6 is 0 Å². The van der Waals surface area contributed by atoms with Crippen molar-refractivity contribution in [3.05, 3.63) is 34.9 Å². The third-order valence-corrected chi connectivity index (χ3v) is 9.00. The summed E-state index contributed by atoms with van der Waals surface area (Å²) >= 11 is 0. The summed E-state index contributed by atoms with van der Waals surface area (Å²) in [6.45, 7) is 4.38. The first kappa shape index (κ1) is 26.2. The minimum Gasteiger partial charge on any atom is -0.205 e. The lowest BCUT2D eigenvalue weighted by molar-refractivity contribution is 0.136. The zero-order valence-corrected chi connectivity index (χ0v) is 21.1. The predicted molar refractivity (Wildman–Crippen MR) is 133 cm³/mol. The smallest absolute Gasteiger partial charge is 0.144 e. The van der Waals surface area contributed by atoms with Crippen molar-refractivity contribution in [2.45, 2.75) is 122 Å². The second-order valence-corrected chi connectivity index (χ2v) is 11.1. The minimum atomic E-state index is -0.721. The number of halogens is 2. The fourth-order valence-electron chi connectivity index (χ4n) is 6.69. The van der Waals surface area contributed by atoms with Gasteiger partial charge in [0.1, 0.15) is 23.3 Å². The summed E-state index contributed by atoms with van der Waals surface area (Å²) < 4.78 is 28.1. The normalized spacial score (nSPS) is 26.6. The first-order valence-corrected chi connectivity index (χ1v) is 13.9. The molecule has 2 fully saturated rings. The summed E-state index contributed by atoms with van der Waals surface area (Å²) in [7, 11) is 0. The fraction of sp³-hybridized carbons (Fsp3) is 0.767. The van der Waals surface area contributed by atoms with Gasteiger partial charge in [0.25, 0.3) is 0 Å². The summed E-state index contributed by atoms with van der Waals surface area (Å²) in [5, 5.41) is 8.91. The van der Waals surface area contributed by atoms with E-state index in [2.05, 4.69) is 13.8 Å². The van der Waals surface area contributed by atoms with E-state index in [9.17, 15) is 8.78 Å². The van der Waals surface area contributed by atoms with Crippen molar-refractivity contribution in [1.82, 2.24) is 0 Å². The predicted octanol–water partition coefficient (Wildman–Crippen LogP) is 9.69. The number of hydrogen-bond acceptors (Lipinski definition) is 1. The van der Waals surface area contributed by atoms with Crippen molar-refractivity contribution in [1.29, 1.82) is 5.26 Å². The topological polar surface area (TPSA) is 23.8 Å². The van der Waals surface area contributed by atoms with E-state index < -0.39 is 17.2 Å². The van der Waals surface area contributed by atoms with Crippen LogP contribution in [-0.4, -0.2) is 0 Å². The average Bonchev–Trinajstić information content (AvgIpc) is 2.83. The standard InChI is InChI=1S/C30H45F2N/c1-3-4-5-6-7-8-9-10-23-11-13-25(14-12-23)26-17-15-24(16-18-26)22(2)27-19-29(31)28(21-33)30(32)20-27/h19-20,22-26H,3-18H2,1-2H3/t22?,23-,24?,25-,26?. The SMILES string of the molecule is CCCCCCCCC[C@H]1CC[C@H](C2CCC(C(C)c3cc(F)c(C#N)c(F)c3)CC2)CC1. The molecule has 0 saturated heterocycles. The lowest BCUT2D eigenvalue weighted by atomic mass is 9.66. The minimum absolute atomic E-state index is 0.139. The molecule has 0 amide bonds. The molecule has 0 heterocycles. The van der Waals surface area contributed by atoms with Crippen LogP contribution in [0.5, 0.6) is 0 Å². The van der Waals surface area contributed by atoms with Crippen LogP contribution < -0.4 is 0 Å². The first-order chi connectivity index (χ1) is 16.0. The van der Waals surface area contributed by atoms with E-state index in [-0.39, 0.29) is 5.92 Å². The molecule has 2 saturated carbocycles. The van der Waals surface area contributed by atoms with Crippen LogP contribution in [0.3, 0.4) is 0 Å². The highest BCUT2D eigenvalue weighted by Gasteiger charge is 2.33. The van der Waals surface area contributed by atoms with Gasteiger partial charge in [-0.15, -0.1) is 0 Å². The van der Waals surface area contributed by atoms with E-state index in [0.29, 0.717) is 11.5 Å². The van der Waals surface area contributed by atoms with Crippen molar-refractivity contribution >= 4 is 0 Å². The summed E-state index contributed by atoms with van der Waals surface area (Å²) in [5.74, 6) is 1.90. The van der Waals surface area contributed by atoms with Crippen molar-refractivity contribution in [3.8, 4) is 6.07 Å². The molecule has 2 aliphatic carbocycles. The third-order valence-electron chi connectivity index (χ3n) is 9.00. The van der Waals surface area contributed by atoms with Gasteiger partial charge in [-0.05, 0) is 85.8 Å². The Balaban J connectivity index is 1.36. The molecule has 1 atom stereocenters. The van der Waals surface area contributed by atoms with E-state index in [4.69, 9.17) is 5.26 Å². The molecule has 0 aromatic heterocycles. The molecule has 2 aliphatic rings. The second kappa shape index (κ2) is 13.5. The van der Waals surface area contributed by atoms with Crippen molar-refractivity contribution in [2.24, 2.45) is 23.7 Å². The number of unbranched alkanes of at least 4 members (excludes halogenated alkanes) is 6. The Morgan fingerprint density at radius 3 is 1.88 bits per heavy atom. The van der Waals surface area contributed by atoms with Gasteiger partial charge >= 0.3 is 0 Å². The molecule has 0 bridgehead atoms. The summed E-state index contributed by atoms with van der Waals surface area (Å²) in [5.41, 5.74) is 0.246. The van der Waals surface area contributed by atoms with E-state index in [1.807, 2.05) is 0 Å². The summed E-state index contributed by atoms with van der Waals surface area (Å²) in [6, 6.07) is 4.39. The molecule has 3 rings (SSSR count). The molecular weight excluding hydrogens is 412 g/mol. The molecular formula is C30H45F2N. The molecule has 33 heavy (non-hydrogen) atoms. The maximum atomic E-state index is 14.1. The Labute approximate surface area is 201 Å². The molecule has 0 radical (unpaired) electrons. The van der Waals surface area contributed by atoms with Crippen molar-refractivity contribution < 1.29 is 8.78 Å². The van der Waals surface area contributed by atoms with E-state index in [1.165, 1.54) is 102 Å². The van der Waals surface area contributed by atoms with Gasteiger partial charge in [0.05, 0.1) is 0 Å². The monoisotopic (exact) mass is 457 g/mol. The molecule has 0 aliphatic heterocycles. The Morgan fingerprint density at radius 1 is 0.818 bits per heavy atom. The molecule has 1 unspecified atom stereocenters. The number of benzene rings is 1. The van der Waals surface area contributed by atoms with Crippen LogP contribution in [0, 0.1) is 46.6 Å². The van der Waals surface area contributed by atoms with Gasteiger partial charge in [0, 0.05) is 0 Å². The molecule has 1 aromatic carbocycles. The lowest BCUT2D eigenvalue weighted by Crippen LogP contribution is -2.27. The number of hydrogen-bond donors (Lipinski definition) is 0. The van der Waals surface area contributed by atoms with Gasteiger partial charge in [-0.2, -0.15) is 5.26 Å². The van der Waals surface area contributed by atoms with Crippen LogP contribution in [0.1, 0.15) is 134 Å². The van der Waals surface area contributed by atoms with Crippen LogP contribution in [0.15, 0.2) is 12.1 Å². The van der Waals surface area contributed by atoms with E-state index in [1.54, 1.807) is 6.07 Å². The fourth-order valence-corrected chi connectivity index (χ4v) is 6.69. The third kappa shape index (κ3) is 7.53. The van der Waals surface area contributed by atoms with Gasteiger partial charge < -0.3 is 0 Å². The lowest BCUT2D eigenvalue weighted by Gasteiger charge is -2.39. The van der Waals surface area contributed by atoms with Crippen molar-refractivity contribution in [3.63, 3.8) is 0 Å². The van der Waals surface area contributed by atoms with Crippen LogP contribution in [0.4, 0.5) is 8.78 Å². The van der Waals surface area contributed by atoms with Gasteiger partial charge in [0.2, 0.25) is 0 Å². The average molecular weight is 458 g/mol. The number of nitriles is 1. The molecule has 0 N–H and O–H groups in total.